The van der Waals surface area contributed by atoms with Gasteiger partial charge in [-0.05, 0) is 51.6 Å². The number of nitrogens with zero attached hydrogens (tertiary/aromatic N) is 1. The molecule has 1 heterocycles. The maximum absolute atomic E-state index is 6.43. The van der Waals surface area contributed by atoms with Gasteiger partial charge in [-0.15, -0.1) is 0 Å². The van der Waals surface area contributed by atoms with E-state index >= 15 is 0 Å². The lowest BCUT2D eigenvalue weighted by atomic mass is 9.70. The summed E-state index contributed by atoms with van der Waals surface area (Å²) in [5, 5.41) is 0. The average Bonchev–Trinajstić information content (AvgIpc) is 2.36. The van der Waals surface area contributed by atoms with E-state index in [1.807, 2.05) is 0 Å². The van der Waals surface area contributed by atoms with Crippen molar-refractivity contribution in [1.29, 1.82) is 0 Å². The number of rotatable bonds is 3. The van der Waals surface area contributed by atoms with Gasteiger partial charge in [0.1, 0.15) is 6.23 Å². The Morgan fingerprint density at radius 1 is 1.26 bits per heavy atom. The van der Waals surface area contributed by atoms with Gasteiger partial charge in [0, 0.05) is 11.5 Å². The predicted molar refractivity (Wildman–Crippen MR) is 80.8 cm³/mol. The molecule has 0 bridgehead atoms. The molecule has 4 atom stereocenters. The van der Waals surface area contributed by atoms with Gasteiger partial charge >= 0.3 is 0 Å². The van der Waals surface area contributed by atoms with Gasteiger partial charge in [0.15, 0.2) is 0 Å². The summed E-state index contributed by atoms with van der Waals surface area (Å²) < 4.78 is 6.43. The van der Waals surface area contributed by atoms with Crippen LogP contribution in [-0.4, -0.2) is 22.8 Å². The average molecular weight is 265 g/mol. The third kappa shape index (κ3) is 2.84. The Labute approximate surface area is 119 Å². The SMILES string of the molecule is CC/C=C/N1[C@H](CC)O[C@@H]2C[C@H](C)CC[C@H]2C1(C)C. The van der Waals surface area contributed by atoms with Crippen molar-refractivity contribution < 1.29 is 4.74 Å². The Hall–Kier alpha value is -0.500. The van der Waals surface area contributed by atoms with Gasteiger partial charge in [-0.2, -0.15) is 0 Å². The molecule has 2 fully saturated rings. The molecule has 2 rings (SSSR count). The largest absolute Gasteiger partial charge is 0.355 e. The minimum absolute atomic E-state index is 0.218. The third-order valence-electron chi connectivity index (χ3n) is 5.12. The van der Waals surface area contributed by atoms with Crippen LogP contribution < -0.4 is 0 Å². The van der Waals surface area contributed by atoms with Crippen molar-refractivity contribution in [2.75, 3.05) is 0 Å². The summed E-state index contributed by atoms with van der Waals surface area (Å²) in [5.41, 5.74) is 0.218. The smallest absolute Gasteiger partial charge is 0.130 e. The first-order chi connectivity index (χ1) is 9.00. The zero-order chi connectivity index (χ0) is 14.0. The van der Waals surface area contributed by atoms with E-state index in [-0.39, 0.29) is 11.8 Å². The summed E-state index contributed by atoms with van der Waals surface area (Å²) in [7, 11) is 0. The van der Waals surface area contributed by atoms with Gasteiger partial charge in [-0.3, -0.25) is 0 Å². The van der Waals surface area contributed by atoms with Crippen LogP contribution in [0.1, 0.15) is 66.7 Å². The lowest BCUT2D eigenvalue weighted by Gasteiger charge is -2.57. The summed E-state index contributed by atoms with van der Waals surface area (Å²) in [5.74, 6) is 1.50. The van der Waals surface area contributed by atoms with Crippen LogP contribution in [-0.2, 0) is 4.74 Å². The number of allylic oxidation sites excluding steroid dienone is 1. The van der Waals surface area contributed by atoms with Crippen LogP contribution in [0.5, 0.6) is 0 Å². The highest BCUT2D eigenvalue weighted by Gasteiger charge is 2.48. The van der Waals surface area contributed by atoms with Gasteiger partial charge in [-0.25, -0.2) is 0 Å². The van der Waals surface area contributed by atoms with Crippen LogP contribution in [0, 0.1) is 11.8 Å². The molecule has 2 aliphatic rings. The Morgan fingerprint density at radius 2 is 2.00 bits per heavy atom. The van der Waals surface area contributed by atoms with Gasteiger partial charge < -0.3 is 9.64 Å². The molecule has 0 unspecified atom stereocenters. The van der Waals surface area contributed by atoms with Crippen LogP contribution in [0.3, 0.4) is 0 Å². The van der Waals surface area contributed by atoms with Crippen molar-refractivity contribution in [3.05, 3.63) is 12.3 Å². The second-order valence-corrected chi connectivity index (χ2v) is 6.92. The Balaban J connectivity index is 2.23. The molecule has 1 saturated heterocycles. The van der Waals surface area contributed by atoms with Crippen molar-refractivity contribution in [3.63, 3.8) is 0 Å². The maximum Gasteiger partial charge on any atom is 0.130 e. The monoisotopic (exact) mass is 265 g/mol. The van der Waals surface area contributed by atoms with Crippen LogP contribution in [0.4, 0.5) is 0 Å². The third-order valence-corrected chi connectivity index (χ3v) is 5.12. The lowest BCUT2D eigenvalue weighted by Crippen LogP contribution is -2.62. The minimum Gasteiger partial charge on any atom is -0.355 e. The Morgan fingerprint density at radius 3 is 2.63 bits per heavy atom. The normalized spacial score (nSPS) is 38.5. The number of hydrogen-bond acceptors (Lipinski definition) is 2. The second-order valence-electron chi connectivity index (χ2n) is 6.92. The van der Waals surface area contributed by atoms with Crippen LogP contribution in [0.2, 0.25) is 0 Å². The highest BCUT2D eigenvalue weighted by atomic mass is 16.5. The first-order valence-electron chi connectivity index (χ1n) is 8.11. The zero-order valence-electron chi connectivity index (χ0n) is 13.4. The summed E-state index contributed by atoms with van der Waals surface area (Å²) >= 11 is 0. The Kier molecular flexibility index (Phi) is 4.60. The molecule has 1 aliphatic heterocycles. The summed E-state index contributed by atoms with van der Waals surface area (Å²) in [4.78, 5) is 2.48. The Bertz CT molecular complexity index is 323. The van der Waals surface area contributed by atoms with Gasteiger partial charge in [0.2, 0.25) is 0 Å². The van der Waals surface area contributed by atoms with Crippen LogP contribution in [0.25, 0.3) is 0 Å². The van der Waals surface area contributed by atoms with E-state index in [1.165, 1.54) is 19.3 Å². The van der Waals surface area contributed by atoms with Crippen molar-refractivity contribution in [1.82, 2.24) is 4.90 Å². The molecule has 110 valence electrons. The van der Waals surface area contributed by atoms with Gasteiger partial charge in [0.05, 0.1) is 6.10 Å². The van der Waals surface area contributed by atoms with Crippen LogP contribution >= 0.6 is 0 Å². The highest BCUT2D eigenvalue weighted by Crippen LogP contribution is 2.45. The predicted octanol–water partition coefficient (Wildman–Crippen LogP) is 4.56. The van der Waals surface area contributed by atoms with E-state index in [9.17, 15) is 0 Å². The van der Waals surface area contributed by atoms with E-state index < -0.39 is 0 Å². The molecule has 1 saturated carbocycles. The first-order valence-corrected chi connectivity index (χ1v) is 8.11. The highest BCUT2D eigenvalue weighted by molar-refractivity contribution is 5.04. The topological polar surface area (TPSA) is 12.5 Å². The van der Waals surface area contributed by atoms with Gasteiger partial charge in [-0.1, -0.05) is 33.3 Å². The van der Waals surface area contributed by atoms with E-state index in [4.69, 9.17) is 4.74 Å². The molecule has 19 heavy (non-hydrogen) atoms. The molecule has 0 aromatic heterocycles. The molecule has 0 radical (unpaired) electrons. The van der Waals surface area contributed by atoms with Gasteiger partial charge in [0.25, 0.3) is 0 Å². The first kappa shape index (κ1) is 14.9. The molecule has 0 aromatic carbocycles. The van der Waals surface area contributed by atoms with E-state index in [0.717, 1.165) is 18.8 Å². The fourth-order valence-electron chi connectivity index (χ4n) is 3.92. The summed E-state index contributed by atoms with van der Waals surface area (Å²) in [6.45, 7) is 11.6. The van der Waals surface area contributed by atoms with Crippen molar-refractivity contribution in [2.45, 2.75) is 84.6 Å². The fourth-order valence-corrected chi connectivity index (χ4v) is 3.92. The quantitative estimate of drug-likeness (QED) is 0.741. The van der Waals surface area contributed by atoms with E-state index in [2.05, 4.69) is 51.8 Å². The lowest BCUT2D eigenvalue weighted by molar-refractivity contribution is -0.216. The van der Waals surface area contributed by atoms with Crippen molar-refractivity contribution in [3.8, 4) is 0 Å². The van der Waals surface area contributed by atoms with Crippen molar-refractivity contribution in [2.24, 2.45) is 11.8 Å². The molecular weight excluding hydrogens is 234 g/mol. The second kappa shape index (κ2) is 5.87. The molecule has 0 amide bonds. The molecule has 0 aromatic rings. The minimum atomic E-state index is 0.218. The standard InChI is InChI=1S/C17H31NO/c1-6-8-11-18-16(7-2)19-15-12-13(3)9-10-14(15)17(18,4)5/h8,11,13-16H,6-7,9-10,12H2,1-5H3/b11-8+/t13-,14-,15-,16+/m1/s1. The molecule has 1 aliphatic carbocycles. The molecule has 0 spiro atoms. The molecule has 0 N–H and O–H groups in total. The van der Waals surface area contributed by atoms with E-state index in [1.54, 1.807) is 0 Å². The fraction of sp³-hybridized carbons (Fsp3) is 0.882. The maximum atomic E-state index is 6.43. The summed E-state index contributed by atoms with van der Waals surface area (Å²) in [6, 6.07) is 0. The van der Waals surface area contributed by atoms with Crippen molar-refractivity contribution >= 4 is 0 Å². The van der Waals surface area contributed by atoms with Crippen LogP contribution in [0.15, 0.2) is 12.3 Å². The zero-order valence-corrected chi connectivity index (χ0v) is 13.4. The molecule has 2 nitrogen and oxygen atoms in total. The summed E-state index contributed by atoms with van der Waals surface area (Å²) in [6.07, 6.45) is 11.3. The van der Waals surface area contributed by atoms with E-state index in [0.29, 0.717) is 12.0 Å². The number of fused-ring (bicyclic) bond motifs is 1. The number of hydrogen-bond donors (Lipinski definition) is 0. The molecule has 2 heteroatoms. The molecular formula is C17H31NO. The number of ether oxygens (including phenoxy) is 1.